The van der Waals surface area contributed by atoms with Gasteiger partial charge in [0.1, 0.15) is 0 Å². The first kappa shape index (κ1) is 15.4. The maximum absolute atomic E-state index is 10.5. The summed E-state index contributed by atoms with van der Waals surface area (Å²) < 4.78 is 5.32. The first-order valence-corrected chi connectivity index (χ1v) is 6.85. The van der Waals surface area contributed by atoms with Crippen molar-refractivity contribution in [2.75, 3.05) is 45.9 Å². The van der Waals surface area contributed by atoms with Gasteiger partial charge in [0.2, 0.25) is 0 Å². The summed E-state index contributed by atoms with van der Waals surface area (Å²) in [5.74, 6) is -0.702. The fourth-order valence-corrected chi connectivity index (χ4v) is 2.16. The summed E-state index contributed by atoms with van der Waals surface area (Å²) in [5.41, 5.74) is 0. The Labute approximate surface area is 110 Å². The molecular formula is C13H26N2O3. The Morgan fingerprint density at radius 2 is 2.00 bits per heavy atom. The molecule has 18 heavy (non-hydrogen) atoms. The molecule has 0 aromatic carbocycles. The van der Waals surface area contributed by atoms with Crippen molar-refractivity contribution in [3.8, 4) is 0 Å². The summed E-state index contributed by atoms with van der Waals surface area (Å²) in [4.78, 5) is 15.3. The van der Waals surface area contributed by atoms with E-state index in [1.807, 2.05) is 0 Å². The van der Waals surface area contributed by atoms with E-state index in [2.05, 4.69) is 23.6 Å². The molecule has 1 heterocycles. The molecule has 1 rings (SSSR count). The average molecular weight is 258 g/mol. The summed E-state index contributed by atoms with van der Waals surface area (Å²) in [6, 6.07) is 0.472. The lowest BCUT2D eigenvalue weighted by molar-refractivity contribution is -0.137. The molecule has 0 atom stereocenters. The highest BCUT2D eigenvalue weighted by Gasteiger charge is 2.14. The average Bonchev–Trinajstić information content (AvgIpc) is 2.34. The maximum atomic E-state index is 10.5. The molecule has 1 saturated heterocycles. The number of carbonyl (C=O) groups is 1. The van der Waals surface area contributed by atoms with Crippen LogP contribution >= 0.6 is 0 Å². The van der Waals surface area contributed by atoms with Gasteiger partial charge in [-0.3, -0.25) is 14.6 Å². The molecule has 0 radical (unpaired) electrons. The second-order valence-corrected chi connectivity index (χ2v) is 5.08. The van der Waals surface area contributed by atoms with Crippen molar-refractivity contribution < 1.29 is 14.6 Å². The normalized spacial score (nSPS) is 17.6. The van der Waals surface area contributed by atoms with Crippen LogP contribution in [0.5, 0.6) is 0 Å². The molecule has 0 aromatic rings. The minimum Gasteiger partial charge on any atom is -0.481 e. The molecular weight excluding hydrogens is 232 g/mol. The molecule has 1 N–H and O–H groups in total. The van der Waals surface area contributed by atoms with Gasteiger partial charge in [0.05, 0.1) is 13.2 Å². The number of hydrogen-bond acceptors (Lipinski definition) is 4. The number of rotatable bonds is 8. The van der Waals surface area contributed by atoms with Crippen LogP contribution in [0.4, 0.5) is 0 Å². The SMILES string of the molecule is CC(C)N(CCCC(=O)O)CCN1CCOCC1. The Kier molecular flexibility index (Phi) is 7.23. The molecule has 1 aliphatic rings. The van der Waals surface area contributed by atoms with Crippen molar-refractivity contribution in [3.63, 3.8) is 0 Å². The molecule has 1 fully saturated rings. The van der Waals surface area contributed by atoms with Gasteiger partial charge >= 0.3 is 5.97 Å². The number of carboxylic acids is 1. The Morgan fingerprint density at radius 3 is 2.56 bits per heavy atom. The van der Waals surface area contributed by atoms with E-state index in [0.29, 0.717) is 6.04 Å². The highest BCUT2D eigenvalue weighted by molar-refractivity contribution is 5.66. The van der Waals surface area contributed by atoms with Gasteiger partial charge in [0.15, 0.2) is 0 Å². The fraction of sp³-hybridized carbons (Fsp3) is 0.923. The van der Waals surface area contributed by atoms with Crippen LogP contribution in [0.15, 0.2) is 0 Å². The van der Waals surface area contributed by atoms with Gasteiger partial charge in [-0.1, -0.05) is 0 Å². The standard InChI is InChI=1S/C13H26N2O3/c1-12(2)15(5-3-4-13(16)17)7-6-14-8-10-18-11-9-14/h12H,3-11H2,1-2H3,(H,16,17). The number of morpholine rings is 1. The second kappa shape index (κ2) is 8.45. The van der Waals surface area contributed by atoms with E-state index >= 15 is 0 Å². The van der Waals surface area contributed by atoms with Crippen LogP contribution in [0.25, 0.3) is 0 Å². The summed E-state index contributed by atoms with van der Waals surface area (Å²) in [6.07, 6.45) is 0.997. The zero-order valence-corrected chi connectivity index (χ0v) is 11.6. The van der Waals surface area contributed by atoms with Crippen molar-refractivity contribution in [3.05, 3.63) is 0 Å². The number of hydrogen-bond donors (Lipinski definition) is 1. The van der Waals surface area contributed by atoms with E-state index in [0.717, 1.165) is 52.4 Å². The van der Waals surface area contributed by atoms with E-state index in [1.54, 1.807) is 0 Å². The predicted molar refractivity (Wildman–Crippen MR) is 70.8 cm³/mol. The van der Waals surface area contributed by atoms with Gasteiger partial charge in [-0.15, -0.1) is 0 Å². The van der Waals surface area contributed by atoms with Gasteiger partial charge in [-0.25, -0.2) is 0 Å². The van der Waals surface area contributed by atoms with Crippen LogP contribution in [0, 0.1) is 0 Å². The fourth-order valence-electron chi connectivity index (χ4n) is 2.16. The Hall–Kier alpha value is -0.650. The Bertz CT molecular complexity index is 240. The minimum absolute atomic E-state index is 0.265. The van der Waals surface area contributed by atoms with Crippen LogP contribution < -0.4 is 0 Å². The van der Waals surface area contributed by atoms with E-state index in [-0.39, 0.29) is 6.42 Å². The molecule has 0 unspecified atom stereocenters. The summed E-state index contributed by atoms with van der Waals surface area (Å²) in [7, 11) is 0. The third-order valence-corrected chi connectivity index (χ3v) is 3.37. The Balaban J connectivity index is 2.21. The largest absolute Gasteiger partial charge is 0.481 e. The molecule has 0 saturated carbocycles. The summed E-state index contributed by atoms with van der Waals surface area (Å²) >= 11 is 0. The molecule has 0 bridgehead atoms. The molecule has 0 amide bonds. The number of carboxylic acid groups (broad SMARTS) is 1. The van der Waals surface area contributed by atoms with Gasteiger partial charge in [-0.2, -0.15) is 0 Å². The monoisotopic (exact) mass is 258 g/mol. The van der Waals surface area contributed by atoms with E-state index < -0.39 is 5.97 Å². The minimum atomic E-state index is -0.702. The van der Waals surface area contributed by atoms with Crippen molar-refractivity contribution >= 4 is 5.97 Å². The van der Waals surface area contributed by atoms with Crippen LogP contribution in [0.1, 0.15) is 26.7 Å². The third-order valence-electron chi connectivity index (χ3n) is 3.37. The number of aliphatic carboxylic acids is 1. The van der Waals surface area contributed by atoms with Crippen molar-refractivity contribution in [2.24, 2.45) is 0 Å². The van der Waals surface area contributed by atoms with Crippen LogP contribution in [0.3, 0.4) is 0 Å². The Morgan fingerprint density at radius 1 is 1.33 bits per heavy atom. The molecule has 5 nitrogen and oxygen atoms in total. The molecule has 0 spiro atoms. The van der Waals surface area contributed by atoms with Gasteiger partial charge in [-0.05, 0) is 26.8 Å². The third kappa shape index (κ3) is 6.33. The molecule has 0 aromatic heterocycles. The van der Waals surface area contributed by atoms with Gasteiger partial charge < -0.3 is 9.84 Å². The molecule has 106 valence electrons. The molecule has 5 heteroatoms. The number of ether oxygens (including phenoxy) is 1. The van der Waals surface area contributed by atoms with E-state index in [4.69, 9.17) is 9.84 Å². The summed E-state index contributed by atoms with van der Waals surface area (Å²) in [6.45, 7) is 11.0. The smallest absolute Gasteiger partial charge is 0.303 e. The van der Waals surface area contributed by atoms with Gasteiger partial charge in [0, 0.05) is 38.6 Å². The molecule has 1 aliphatic heterocycles. The summed E-state index contributed by atoms with van der Waals surface area (Å²) in [5, 5.41) is 8.66. The lowest BCUT2D eigenvalue weighted by Crippen LogP contribution is -2.43. The second-order valence-electron chi connectivity index (χ2n) is 5.08. The topological polar surface area (TPSA) is 53.0 Å². The van der Waals surface area contributed by atoms with Gasteiger partial charge in [0.25, 0.3) is 0 Å². The zero-order chi connectivity index (χ0) is 13.4. The lowest BCUT2D eigenvalue weighted by Gasteiger charge is -2.31. The number of nitrogens with zero attached hydrogens (tertiary/aromatic N) is 2. The predicted octanol–water partition coefficient (Wildman–Crippen LogP) is 0.894. The maximum Gasteiger partial charge on any atom is 0.303 e. The van der Waals surface area contributed by atoms with Crippen molar-refractivity contribution in [1.82, 2.24) is 9.80 Å². The van der Waals surface area contributed by atoms with Crippen molar-refractivity contribution in [1.29, 1.82) is 0 Å². The van der Waals surface area contributed by atoms with E-state index in [9.17, 15) is 4.79 Å². The van der Waals surface area contributed by atoms with Crippen LogP contribution in [-0.4, -0.2) is 72.9 Å². The molecule has 0 aliphatic carbocycles. The highest BCUT2D eigenvalue weighted by atomic mass is 16.5. The quantitative estimate of drug-likeness (QED) is 0.701. The lowest BCUT2D eigenvalue weighted by atomic mass is 10.2. The van der Waals surface area contributed by atoms with Crippen molar-refractivity contribution in [2.45, 2.75) is 32.7 Å². The van der Waals surface area contributed by atoms with Crippen LogP contribution in [0.2, 0.25) is 0 Å². The zero-order valence-electron chi connectivity index (χ0n) is 11.6. The van der Waals surface area contributed by atoms with Crippen LogP contribution in [-0.2, 0) is 9.53 Å². The highest BCUT2D eigenvalue weighted by Crippen LogP contribution is 2.04. The first-order valence-electron chi connectivity index (χ1n) is 6.85. The first-order chi connectivity index (χ1) is 8.59. The van der Waals surface area contributed by atoms with E-state index in [1.165, 1.54) is 0 Å².